The normalized spacial score (nSPS) is 10.7. The van der Waals surface area contributed by atoms with E-state index in [9.17, 15) is 0 Å². The Bertz CT molecular complexity index is 861. The van der Waals surface area contributed by atoms with Gasteiger partial charge in [-0.1, -0.05) is 33.6 Å². The zero-order chi connectivity index (χ0) is 14.3. The van der Waals surface area contributed by atoms with Crippen molar-refractivity contribution in [3.63, 3.8) is 0 Å². The lowest BCUT2D eigenvalue weighted by Crippen LogP contribution is -1.93. The summed E-state index contributed by atoms with van der Waals surface area (Å²) in [5.41, 5.74) is 3.03. The Balaban J connectivity index is 2.33. The van der Waals surface area contributed by atoms with E-state index in [0.717, 1.165) is 21.4 Å². The van der Waals surface area contributed by atoms with Crippen molar-refractivity contribution in [3.05, 3.63) is 51.5 Å². The van der Waals surface area contributed by atoms with Crippen molar-refractivity contribution in [2.45, 2.75) is 0 Å². The predicted octanol–water partition coefficient (Wildman–Crippen LogP) is 4.53. The van der Waals surface area contributed by atoms with Gasteiger partial charge in [0.05, 0.1) is 16.1 Å². The van der Waals surface area contributed by atoms with Crippen molar-refractivity contribution in [1.82, 2.24) is 9.55 Å². The molecule has 3 nitrogen and oxygen atoms in total. The average Bonchev–Trinajstić information content (AvgIpc) is 2.76. The fourth-order valence-corrected chi connectivity index (χ4v) is 2.97. The van der Waals surface area contributed by atoms with Gasteiger partial charge >= 0.3 is 0 Å². The molecule has 0 spiro atoms. The largest absolute Gasteiger partial charge is 0.327 e. The molecule has 0 aliphatic rings. The van der Waals surface area contributed by atoms with Crippen LogP contribution in [0.4, 0.5) is 0 Å². The molecule has 2 aromatic carbocycles. The van der Waals surface area contributed by atoms with Crippen LogP contribution in [0.3, 0.4) is 0 Å². The van der Waals surface area contributed by atoms with Crippen molar-refractivity contribution in [2.75, 3.05) is 0 Å². The van der Waals surface area contributed by atoms with Crippen LogP contribution in [-0.4, -0.2) is 9.55 Å². The molecule has 0 fully saturated rings. The highest BCUT2D eigenvalue weighted by Gasteiger charge is 2.14. The van der Waals surface area contributed by atoms with E-state index in [0.29, 0.717) is 16.1 Å². The van der Waals surface area contributed by atoms with E-state index in [1.54, 1.807) is 6.07 Å². The van der Waals surface area contributed by atoms with Crippen LogP contribution in [0.1, 0.15) is 5.56 Å². The van der Waals surface area contributed by atoms with Crippen LogP contribution in [0.2, 0.25) is 5.02 Å². The summed E-state index contributed by atoms with van der Waals surface area (Å²) in [5.74, 6) is 0.750. The molecule has 0 atom stereocenters. The van der Waals surface area contributed by atoms with Gasteiger partial charge in [-0.05, 0) is 30.3 Å². The number of nitrogens with zero attached hydrogens (tertiary/aromatic N) is 3. The van der Waals surface area contributed by atoms with Crippen LogP contribution in [0.25, 0.3) is 22.4 Å². The Labute approximate surface area is 129 Å². The maximum atomic E-state index is 9.17. The molecule has 1 heterocycles. The first kappa shape index (κ1) is 13.2. The monoisotopic (exact) mass is 345 g/mol. The molecule has 3 aromatic rings. The summed E-state index contributed by atoms with van der Waals surface area (Å²) in [6.07, 6.45) is 0. The summed E-state index contributed by atoms with van der Waals surface area (Å²) in [6.45, 7) is 0. The van der Waals surface area contributed by atoms with E-state index in [2.05, 4.69) is 27.0 Å². The lowest BCUT2D eigenvalue weighted by atomic mass is 10.2. The minimum absolute atomic E-state index is 0.567. The van der Waals surface area contributed by atoms with Gasteiger partial charge in [0.1, 0.15) is 17.4 Å². The van der Waals surface area contributed by atoms with E-state index in [1.807, 2.05) is 41.9 Å². The Kier molecular flexibility index (Phi) is 3.25. The lowest BCUT2D eigenvalue weighted by Gasteiger charge is -2.05. The smallest absolute Gasteiger partial charge is 0.142 e. The fourth-order valence-electron chi connectivity index (χ4n) is 2.22. The predicted molar refractivity (Wildman–Crippen MR) is 83.6 cm³/mol. The SMILES string of the molecule is Cn1c(-c2ccc(Br)cc2Cl)nc2c(C#N)cccc21. The molecule has 5 heteroatoms. The number of rotatable bonds is 1. The van der Waals surface area contributed by atoms with E-state index >= 15 is 0 Å². The molecule has 0 saturated heterocycles. The third-order valence-corrected chi connectivity index (χ3v) is 4.01. The fraction of sp³-hybridized carbons (Fsp3) is 0.0667. The Morgan fingerprint density at radius 2 is 2.10 bits per heavy atom. The molecule has 98 valence electrons. The second-order valence-electron chi connectivity index (χ2n) is 4.40. The molecule has 3 rings (SSSR count). The number of hydrogen-bond acceptors (Lipinski definition) is 2. The molecule has 0 radical (unpaired) electrons. The quantitative estimate of drug-likeness (QED) is 0.649. The Hall–Kier alpha value is -1.83. The van der Waals surface area contributed by atoms with Gasteiger partial charge in [-0.15, -0.1) is 0 Å². The molecule has 20 heavy (non-hydrogen) atoms. The topological polar surface area (TPSA) is 41.6 Å². The van der Waals surface area contributed by atoms with Gasteiger partial charge in [0.2, 0.25) is 0 Å². The summed E-state index contributed by atoms with van der Waals surface area (Å²) in [7, 11) is 1.92. The zero-order valence-corrected chi connectivity index (χ0v) is 12.9. The Morgan fingerprint density at radius 3 is 2.80 bits per heavy atom. The van der Waals surface area contributed by atoms with Crippen LogP contribution < -0.4 is 0 Å². The number of nitriles is 1. The lowest BCUT2D eigenvalue weighted by molar-refractivity contribution is 0.959. The highest BCUT2D eigenvalue weighted by molar-refractivity contribution is 9.10. The van der Waals surface area contributed by atoms with Crippen molar-refractivity contribution >= 4 is 38.6 Å². The molecule has 0 amide bonds. The molecule has 0 aliphatic heterocycles. The first-order chi connectivity index (χ1) is 9.61. The zero-order valence-electron chi connectivity index (χ0n) is 10.6. The summed E-state index contributed by atoms with van der Waals surface area (Å²) in [6, 6.07) is 13.4. The van der Waals surface area contributed by atoms with Gasteiger partial charge in [0, 0.05) is 17.1 Å². The van der Waals surface area contributed by atoms with E-state index < -0.39 is 0 Å². The van der Waals surface area contributed by atoms with Crippen LogP contribution in [-0.2, 0) is 7.05 Å². The molecule has 1 aromatic heterocycles. The van der Waals surface area contributed by atoms with Gasteiger partial charge in [-0.2, -0.15) is 5.26 Å². The van der Waals surface area contributed by atoms with Gasteiger partial charge in [0.25, 0.3) is 0 Å². The maximum absolute atomic E-state index is 9.17. The van der Waals surface area contributed by atoms with Crippen LogP contribution in [0.5, 0.6) is 0 Å². The van der Waals surface area contributed by atoms with E-state index in [1.165, 1.54) is 0 Å². The number of para-hydroxylation sites is 1. The summed E-state index contributed by atoms with van der Waals surface area (Å²) < 4.78 is 2.87. The number of benzene rings is 2. The number of aryl methyl sites for hydroxylation is 1. The summed E-state index contributed by atoms with van der Waals surface area (Å²) in [4.78, 5) is 4.58. The molecule has 0 unspecified atom stereocenters. The third-order valence-electron chi connectivity index (χ3n) is 3.20. The minimum Gasteiger partial charge on any atom is -0.327 e. The van der Waals surface area contributed by atoms with Crippen molar-refractivity contribution in [2.24, 2.45) is 7.05 Å². The second kappa shape index (κ2) is 4.93. The average molecular weight is 347 g/mol. The van der Waals surface area contributed by atoms with Crippen LogP contribution >= 0.6 is 27.5 Å². The highest BCUT2D eigenvalue weighted by atomic mass is 79.9. The van der Waals surface area contributed by atoms with Gasteiger partial charge < -0.3 is 4.57 Å². The number of aromatic nitrogens is 2. The highest BCUT2D eigenvalue weighted by Crippen LogP contribution is 2.32. The van der Waals surface area contributed by atoms with Gasteiger partial charge in [-0.3, -0.25) is 0 Å². The van der Waals surface area contributed by atoms with Crippen molar-refractivity contribution in [3.8, 4) is 17.5 Å². The molecular formula is C15H9BrClN3. The summed E-state index contributed by atoms with van der Waals surface area (Å²) in [5, 5.41) is 9.79. The maximum Gasteiger partial charge on any atom is 0.142 e. The molecule has 0 saturated carbocycles. The van der Waals surface area contributed by atoms with E-state index in [4.69, 9.17) is 16.9 Å². The van der Waals surface area contributed by atoms with Crippen molar-refractivity contribution < 1.29 is 0 Å². The Morgan fingerprint density at radius 1 is 1.30 bits per heavy atom. The standard InChI is InChI=1S/C15H9BrClN3/c1-20-13-4-2-3-9(8-18)14(13)19-15(20)11-6-5-10(16)7-12(11)17/h2-7H,1H3. The minimum atomic E-state index is 0.567. The number of halogens is 2. The van der Waals surface area contributed by atoms with Crippen LogP contribution in [0, 0.1) is 11.3 Å². The molecule has 0 N–H and O–H groups in total. The molecular weight excluding hydrogens is 338 g/mol. The number of fused-ring (bicyclic) bond motifs is 1. The van der Waals surface area contributed by atoms with Crippen LogP contribution in [0.15, 0.2) is 40.9 Å². The van der Waals surface area contributed by atoms with Crippen molar-refractivity contribution in [1.29, 1.82) is 5.26 Å². The summed E-state index contributed by atoms with van der Waals surface area (Å²) >= 11 is 9.68. The number of hydrogen-bond donors (Lipinski definition) is 0. The second-order valence-corrected chi connectivity index (χ2v) is 5.73. The first-order valence-electron chi connectivity index (χ1n) is 5.93. The number of imidazole rings is 1. The first-order valence-corrected chi connectivity index (χ1v) is 7.10. The van der Waals surface area contributed by atoms with E-state index in [-0.39, 0.29) is 0 Å². The van der Waals surface area contributed by atoms with Gasteiger partial charge in [0.15, 0.2) is 0 Å². The molecule has 0 aliphatic carbocycles. The third kappa shape index (κ3) is 2.00. The molecule has 0 bridgehead atoms. The van der Waals surface area contributed by atoms with Gasteiger partial charge in [-0.25, -0.2) is 4.98 Å².